The molecular formula is C25H37N3O. The summed E-state index contributed by atoms with van der Waals surface area (Å²) in [5.74, 6) is 0.860. The molecule has 2 aliphatic carbocycles. The van der Waals surface area contributed by atoms with Crippen molar-refractivity contribution in [3.05, 3.63) is 41.7 Å². The molecule has 1 saturated carbocycles. The summed E-state index contributed by atoms with van der Waals surface area (Å²) in [6, 6.07) is 4.86. The molecule has 0 aromatic carbocycles. The van der Waals surface area contributed by atoms with Crippen LogP contribution in [-0.2, 0) is 11.3 Å². The molecule has 1 aromatic heterocycles. The van der Waals surface area contributed by atoms with Crippen LogP contribution in [0.15, 0.2) is 36.2 Å². The van der Waals surface area contributed by atoms with Gasteiger partial charge >= 0.3 is 0 Å². The highest BCUT2D eigenvalue weighted by Crippen LogP contribution is 2.28. The van der Waals surface area contributed by atoms with Crippen LogP contribution in [0.5, 0.6) is 0 Å². The molecule has 1 amide bonds. The predicted octanol–water partition coefficient (Wildman–Crippen LogP) is 4.96. The first kappa shape index (κ1) is 20.6. The first-order valence-corrected chi connectivity index (χ1v) is 11.9. The summed E-state index contributed by atoms with van der Waals surface area (Å²) in [6.07, 6.45) is 19.8. The van der Waals surface area contributed by atoms with Gasteiger partial charge in [-0.1, -0.05) is 31.4 Å². The van der Waals surface area contributed by atoms with Crippen molar-refractivity contribution < 1.29 is 4.79 Å². The van der Waals surface area contributed by atoms with Crippen LogP contribution < -0.4 is 0 Å². The molecular weight excluding hydrogens is 358 g/mol. The molecule has 2 fully saturated rings. The lowest BCUT2D eigenvalue weighted by Gasteiger charge is -2.41. The third-order valence-electron chi connectivity index (χ3n) is 7.07. The molecule has 158 valence electrons. The van der Waals surface area contributed by atoms with Crippen molar-refractivity contribution in [2.45, 2.75) is 83.2 Å². The van der Waals surface area contributed by atoms with E-state index in [-0.39, 0.29) is 5.91 Å². The fourth-order valence-corrected chi connectivity index (χ4v) is 5.50. The molecule has 1 aromatic rings. The fraction of sp³-hybridized carbons (Fsp3) is 0.680. The number of rotatable bonds is 6. The quantitative estimate of drug-likeness (QED) is 0.683. The van der Waals surface area contributed by atoms with Crippen molar-refractivity contribution in [3.8, 4) is 0 Å². The molecule has 0 N–H and O–H groups in total. The number of hydrogen-bond donors (Lipinski definition) is 0. The molecule has 0 unspecified atom stereocenters. The van der Waals surface area contributed by atoms with E-state index < -0.39 is 0 Å². The van der Waals surface area contributed by atoms with Gasteiger partial charge in [0.25, 0.3) is 0 Å². The van der Waals surface area contributed by atoms with Crippen LogP contribution in [0.25, 0.3) is 0 Å². The van der Waals surface area contributed by atoms with Crippen LogP contribution in [0.1, 0.15) is 76.2 Å². The van der Waals surface area contributed by atoms with E-state index >= 15 is 0 Å². The lowest BCUT2D eigenvalue weighted by atomic mass is 9.89. The van der Waals surface area contributed by atoms with Crippen molar-refractivity contribution in [1.82, 2.24) is 14.8 Å². The van der Waals surface area contributed by atoms with E-state index in [2.05, 4.69) is 26.9 Å². The van der Waals surface area contributed by atoms with E-state index in [0.717, 1.165) is 43.0 Å². The summed E-state index contributed by atoms with van der Waals surface area (Å²) in [4.78, 5) is 22.5. The molecule has 1 aliphatic heterocycles. The third kappa shape index (κ3) is 5.69. The number of allylic oxidation sites excluding steroid dienone is 1. The summed E-state index contributed by atoms with van der Waals surface area (Å²) in [5, 5.41) is 0. The van der Waals surface area contributed by atoms with Gasteiger partial charge in [0.15, 0.2) is 0 Å². The van der Waals surface area contributed by atoms with Crippen LogP contribution in [0, 0.1) is 5.92 Å². The van der Waals surface area contributed by atoms with Gasteiger partial charge < -0.3 is 9.80 Å². The van der Waals surface area contributed by atoms with E-state index in [0.29, 0.717) is 12.5 Å². The van der Waals surface area contributed by atoms with Gasteiger partial charge in [0.1, 0.15) is 0 Å². The standard InChI is InChI=1S/C25H37N3O/c29-25(23-11-3-1-4-12-23)28(18-21-9-7-15-26-17-21)20-22-10-8-16-27(19-22)24-13-5-2-6-14-24/h7,9,11,15,17,22,24H,1-6,8,10,12-14,16,18-20H2/t22-/m1/s1. The fourth-order valence-electron chi connectivity index (χ4n) is 5.50. The molecule has 29 heavy (non-hydrogen) atoms. The van der Waals surface area contributed by atoms with E-state index in [4.69, 9.17) is 0 Å². The molecule has 4 heteroatoms. The lowest BCUT2D eigenvalue weighted by molar-refractivity contribution is -0.129. The van der Waals surface area contributed by atoms with Crippen LogP contribution in [-0.4, -0.2) is 46.4 Å². The molecule has 0 spiro atoms. The van der Waals surface area contributed by atoms with Gasteiger partial charge in [0, 0.05) is 43.6 Å². The predicted molar refractivity (Wildman–Crippen MR) is 117 cm³/mol. The number of nitrogens with zero attached hydrogens (tertiary/aromatic N) is 3. The summed E-state index contributed by atoms with van der Waals surface area (Å²) in [7, 11) is 0. The summed E-state index contributed by atoms with van der Waals surface area (Å²) >= 11 is 0. The maximum absolute atomic E-state index is 13.4. The summed E-state index contributed by atoms with van der Waals surface area (Å²) in [5.41, 5.74) is 2.18. The second kappa shape index (κ2) is 10.4. The highest BCUT2D eigenvalue weighted by Gasteiger charge is 2.29. The normalized spacial score (nSPS) is 24.1. The Kier molecular flexibility index (Phi) is 7.37. The van der Waals surface area contributed by atoms with Crippen molar-refractivity contribution >= 4 is 5.91 Å². The van der Waals surface area contributed by atoms with E-state index in [1.165, 1.54) is 64.5 Å². The van der Waals surface area contributed by atoms with Gasteiger partial charge in [-0.15, -0.1) is 0 Å². The number of amides is 1. The number of aromatic nitrogens is 1. The Balaban J connectivity index is 1.43. The van der Waals surface area contributed by atoms with Gasteiger partial charge in [-0.3, -0.25) is 9.78 Å². The average molecular weight is 396 g/mol. The first-order valence-electron chi connectivity index (χ1n) is 11.9. The second-order valence-electron chi connectivity index (χ2n) is 9.32. The van der Waals surface area contributed by atoms with Gasteiger partial charge in [-0.2, -0.15) is 0 Å². The second-order valence-corrected chi connectivity index (χ2v) is 9.32. The minimum absolute atomic E-state index is 0.267. The zero-order chi connectivity index (χ0) is 19.9. The Morgan fingerprint density at radius 2 is 2.00 bits per heavy atom. The maximum Gasteiger partial charge on any atom is 0.249 e. The number of hydrogen-bond acceptors (Lipinski definition) is 3. The monoisotopic (exact) mass is 395 g/mol. The number of pyridine rings is 1. The number of carbonyl (C=O) groups is 1. The maximum atomic E-state index is 13.4. The largest absolute Gasteiger partial charge is 0.334 e. The molecule has 0 radical (unpaired) electrons. The number of likely N-dealkylation sites (tertiary alicyclic amines) is 1. The molecule has 4 rings (SSSR count). The summed E-state index contributed by atoms with van der Waals surface area (Å²) in [6.45, 7) is 3.99. The number of piperidine rings is 1. The van der Waals surface area contributed by atoms with E-state index in [9.17, 15) is 4.79 Å². The van der Waals surface area contributed by atoms with E-state index in [1.54, 1.807) is 0 Å². The Hall–Kier alpha value is -1.68. The first-order chi connectivity index (χ1) is 14.3. The van der Waals surface area contributed by atoms with Crippen LogP contribution in [0.4, 0.5) is 0 Å². The van der Waals surface area contributed by atoms with Crippen molar-refractivity contribution in [3.63, 3.8) is 0 Å². The molecule has 0 bridgehead atoms. The molecule has 1 atom stereocenters. The Bertz CT molecular complexity index is 681. The molecule has 3 aliphatic rings. The lowest BCUT2D eigenvalue weighted by Crippen LogP contribution is -2.47. The smallest absolute Gasteiger partial charge is 0.249 e. The molecule has 1 saturated heterocycles. The third-order valence-corrected chi connectivity index (χ3v) is 7.07. The minimum Gasteiger partial charge on any atom is -0.334 e. The molecule has 2 heterocycles. The van der Waals surface area contributed by atoms with Gasteiger partial charge in [0.2, 0.25) is 5.91 Å². The Labute approximate surface area is 176 Å². The van der Waals surface area contributed by atoms with E-state index in [1.807, 2.05) is 18.5 Å². The van der Waals surface area contributed by atoms with Gasteiger partial charge in [0.05, 0.1) is 0 Å². The van der Waals surface area contributed by atoms with Gasteiger partial charge in [-0.25, -0.2) is 0 Å². The zero-order valence-electron chi connectivity index (χ0n) is 17.9. The Morgan fingerprint density at radius 1 is 1.10 bits per heavy atom. The number of carbonyl (C=O) groups excluding carboxylic acids is 1. The minimum atomic E-state index is 0.267. The average Bonchev–Trinajstić information content (AvgIpc) is 2.80. The molecule has 4 nitrogen and oxygen atoms in total. The van der Waals surface area contributed by atoms with Crippen LogP contribution in [0.2, 0.25) is 0 Å². The van der Waals surface area contributed by atoms with Gasteiger partial charge in [-0.05, 0) is 75.5 Å². The van der Waals surface area contributed by atoms with Crippen LogP contribution in [0.3, 0.4) is 0 Å². The van der Waals surface area contributed by atoms with Crippen LogP contribution >= 0.6 is 0 Å². The SMILES string of the molecule is O=C(C1=CCCCC1)N(Cc1cccnc1)C[C@@H]1CCCN(C2CCCCC2)C1. The van der Waals surface area contributed by atoms with Crippen molar-refractivity contribution in [2.24, 2.45) is 5.92 Å². The summed E-state index contributed by atoms with van der Waals surface area (Å²) < 4.78 is 0. The highest BCUT2D eigenvalue weighted by atomic mass is 16.2. The zero-order valence-corrected chi connectivity index (χ0v) is 17.9. The van der Waals surface area contributed by atoms with Crippen molar-refractivity contribution in [2.75, 3.05) is 19.6 Å². The highest BCUT2D eigenvalue weighted by molar-refractivity contribution is 5.93. The van der Waals surface area contributed by atoms with Crippen molar-refractivity contribution in [1.29, 1.82) is 0 Å². The topological polar surface area (TPSA) is 36.4 Å². The Morgan fingerprint density at radius 3 is 2.76 bits per heavy atom.